The fourth-order valence-electron chi connectivity index (χ4n) is 8.89. The van der Waals surface area contributed by atoms with Gasteiger partial charge < -0.3 is 96.2 Å². The predicted octanol–water partition coefficient (Wildman–Crippen LogP) is -3.84. The molecule has 4 aromatic rings. The van der Waals surface area contributed by atoms with Crippen LogP contribution in [0.3, 0.4) is 0 Å². The Balaban J connectivity index is 1.55. The molecule has 31 heteroatoms. The van der Waals surface area contributed by atoms with Gasteiger partial charge in [-0.2, -0.15) is 0 Å². The van der Waals surface area contributed by atoms with Crippen LogP contribution in [0.1, 0.15) is 76.5 Å². The molecule has 10 amide bonds. The van der Waals surface area contributed by atoms with Gasteiger partial charge in [-0.3, -0.25) is 57.7 Å². The summed E-state index contributed by atoms with van der Waals surface area (Å²) in [7, 11) is 0. The number of carbonyl (C=O) groups excluding carboxylic acids is 10. The second-order valence-corrected chi connectivity index (χ2v) is 21.4. The number of hydrogen-bond acceptors (Lipinski definition) is 16. The van der Waals surface area contributed by atoms with Gasteiger partial charge in [-0.05, 0) is 80.3 Å². The average Bonchev–Trinajstić information content (AvgIpc) is 3.66. The molecular weight excluding hydrogens is 1160 g/mol. The summed E-state index contributed by atoms with van der Waals surface area (Å²) in [6, 6.07) is 6.19. The van der Waals surface area contributed by atoms with E-state index in [0.29, 0.717) is 22.0 Å². The monoisotopic (exact) mass is 1240 g/mol. The molecule has 0 radical (unpaired) electrons. The van der Waals surface area contributed by atoms with Crippen molar-refractivity contribution in [3.63, 3.8) is 0 Å². The number of fused-ring (bicyclic) bond motifs is 1. The Morgan fingerprint density at radius 3 is 1.62 bits per heavy atom. The molecular formula is C58H79N15O16. The smallest absolute Gasteiger partial charge is 0.326 e. The number of rotatable bonds is 36. The Hall–Kier alpha value is -10.2. The van der Waals surface area contributed by atoms with Crippen molar-refractivity contribution >= 4 is 87.9 Å². The molecule has 0 fully saturated rings. The molecule has 0 spiro atoms. The normalized spacial score (nSPS) is 14.4. The number of phenolic OH excluding ortho intramolecular Hbond substituents is 1. The van der Waals surface area contributed by atoms with Gasteiger partial charge in [0.25, 0.3) is 0 Å². The maximum atomic E-state index is 14.7. The minimum atomic E-state index is -1.86. The Kier molecular flexibility index (Phi) is 27.9. The molecule has 4 rings (SSSR count). The number of aromatic amines is 1. The number of guanidine groups is 1. The topological polar surface area (TPSA) is 526 Å². The van der Waals surface area contributed by atoms with Gasteiger partial charge in [-0.1, -0.05) is 74.5 Å². The van der Waals surface area contributed by atoms with Gasteiger partial charge in [-0.15, -0.1) is 0 Å². The zero-order valence-electron chi connectivity index (χ0n) is 49.4. The Morgan fingerprint density at radius 2 is 1.03 bits per heavy atom. The first-order chi connectivity index (χ1) is 42.1. The summed E-state index contributed by atoms with van der Waals surface area (Å²) in [6.07, 6.45) is -0.853. The number of aromatic nitrogens is 1. The molecule has 482 valence electrons. The van der Waals surface area contributed by atoms with Crippen LogP contribution in [0.15, 0.2) is 90.1 Å². The molecule has 0 bridgehead atoms. The van der Waals surface area contributed by atoms with Crippen molar-refractivity contribution in [2.45, 2.75) is 139 Å². The highest BCUT2D eigenvalue weighted by Gasteiger charge is 2.36. The average molecular weight is 1240 g/mol. The zero-order chi connectivity index (χ0) is 66.1. The standard InChI is InChI=1S/C58H79N15O16/c1-29(2)47(73-55(86)44(28-74)72-50(81)37(59)23-32-11-6-5-7-12-32)56(87)71-41(24-33-16-18-35(75)19-17-33)53(84)70-42(25-34-27-64-38-14-9-8-13-36(34)38)52(83)66-30(3)48(79)67-39(20-21-45(60)76)51(82)65-31(4)49(80)69-43(26-46(77)78)54(85)68-40(57(88)89)15-10-22-63-58(61)62/h5-9,11-14,16-19,27,29-31,37,39-44,47,64,74-75H,10,15,20-26,28,59H2,1-4H3,(H2,60,76)(H,65,82)(H,66,83)(H,67,79)(H,68,85)(H,69,80)(H,70,84)(H,71,87)(H,72,81)(H,73,86)(H,77,78)(H,88,89)(H4,61,62,63)/t30-,31-,37-,39+,40+,41+,42+,43+,44-,47-/m1/s1. The quantitative estimate of drug-likeness (QED) is 0.0118. The lowest BCUT2D eigenvalue weighted by atomic mass is 9.99. The number of nitrogens with one attached hydrogen (secondary N) is 10. The van der Waals surface area contributed by atoms with E-state index in [0.717, 1.165) is 12.5 Å². The number of aliphatic hydroxyl groups excluding tert-OH is 1. The van der Waals surface area contributed by atoms with Crippen LogP contribution in [0.4, 0.5) is 0 Å². The van der Waals surface area contributed by atoms with Crippen molar-refractivity contribution in [2.75, 3.05) is 13.2 Å². The van der Waals surface area contributed by atoms with E-state index in [-0.39, 0.29) is 50.4 Å². The molecule has 1 aromatic heterocycles. The number of benzene rings is 3. The number of hydrogen-bond donors (Lipinski definition) is 18. The largest absolute Gasteiger partial charge is 0.508 e. The lowest BCUT2D eigenvalue weighted by Crippen LogP contribution is -2.61. The maximum Gasteiger partial charge on any atom is 0.326 e. The van der Waals surface area contributed by atoms with Gasteiger partial charge >= 0.3 is 11.9 Å². The number of carboxylic acid groups (broad SMARTS) is 2. The van der Waals surface area contributed by atoms with E-state index in [2.05, 4.69) is 57.8 Å². The van der Waals surface area contributed by atoms with E-state index < -0.39 is 163 Å². The fraction of sp³-hybridized carbons (Fsp3) is 0.431. The van der Waals surface area contributed by atoms with Crippen LogP contribution in [0.25, 0.3) is 10.9 Å². The number of aliphatic carboxylic acids is 2. The van der Waals surface area contributed by atoms with Crippen molar-refractivity contribution in [1.29, 1.82) is 0 Å². The second-order valence-electron chi connectivity index (χ2n) is 21.4. The van der Waals surface area contributed by atoms with Gasteiger partial charge in [-0.25, -0.2) is 4.79 Å². The van der Waals surface area contributed by atoms with E-state index in [9.17, 15) is 78.0 Å². The number of aliphatic imine (C=N–C) groups is 1. The summed E-state index contributed by atoms with van der Waals surface area (Å²) in [5.74, 6) is -14.0. The van der Waals surface area contributed by atoms with E-state index in [1.165, 1.54) is 31.2 Å². The van der Waals surface area contributed by atoms with Gasteiger partial charge in [0.2, 0.25) is 59.1 Å². The highest BCUT2D eigenvalue weighted by Crippen LogP contribution is 2.20. The summed E-state index contributed by atoms with van der Waals surface area (Å²) >= 11 is 0. The molecule has 89 heavy (non-hydrogen) atoms. The lowest BCUT2D eigenvalue weighted by Gasteiger charge is -2.28. The van der Waals surface area contributed by atoms with E-state index in [1.54, 1.807) is 74.6 Å². The van der Waals surface area contributed by atoms with E-state index in [4.69, 9.17) is 22.9 Å². The van der Waals surface area contributed by atoms with Crippen molar-refractivity contribution in [1.82, 2.24) is 52.8 Å². The van der Waals surface area contributed by atoms with Crippen LogP contribution >= 0.6 is 0 Å². The maximum absolute atomic E-state index is 14.7. The predicted molar refractivity (Wildman–Crippen MR) is 321 cm³/mol. The molecule has 10 atom stereocenters. The molecule has 0 unspecified atom stereocenters. The summed E-state index contributed by atoms with van der Waals surface area (Å²) in [5, 5.41) is 61.9. The minimum Gasteiger partial charge on any atom is -0.508 e. The molecule has 0 saturated heterocycles. The van der Waals surface area contributed by atoms with Gasteiger partial charge in [0.15, 0.2) is 5.96 Å². The first-order valence-corrected chi connectivity index (χ1v) is 28.3. The van der Waals surface area contributed by atoms with Crippen LogP contribution in [-0.2, 0) is 76.8 Å². The van der Waals surface area contributed by atoms with Crippen molar-refractivity contribution in [3.05, 3.63) is 102 Å². The number of aliphatic hydroxyl groups is 1. The summed E-state index contributed by atoms with van der Waals surface area (Å²) in [4.78, 5) is 167. The summed E-state index contributed by atoms with van der Waals surface area (Å²) < 4.78 is 0. The van der Waals surface area contributed by atoms with Crippen LogP contribution in [0.2, 0.25) is 0 Å². The first kappa shape index (κ1) is 71.3. The molecule has 0 aliphatic rings. The second kappa shape index (κ2) is 34.8. The zero-order valence-corrected chi connectivity index (χ0v) is 49.4. The lowest BCUT2D eigenvalue weighted by molar-refractivity contribution is -0.144. The van der Waals surface area contributed by atoms with Gasteiger partial charge in [0.05, 0.1) is 19.1 Å². The Bertz CT molecular complexity index is 3170. The van der Waals surface area contributed by atoms with Gasteiger partial charge in [0.1, 0.15) is 60.1 Å². The van der Waals surface area contributed by atoms with Crippen molar-refractivity contribution in [2.24, 2.45) is 33.8 Å². The fourth-order valence-corrected chi connectivity index (χ4v) is 8.89. The van der Waals surface area contributed by atoms with Crippen molar-refractivity contribution < 1.29 is 78.0 Å². The van der Waals surface area contributed by atoms with Crippen molar-refractivity contribution in [3.8, 4) is 5.75 Å². The Morgan fingerprint density at radius 1 is 0.528 bits per heavy atom. The summed E-state index contributed by atoms with van der Waals surface area (Å²) in [6.45, 7) is 4.66. The highest BCUT2D eigenvalue weighted by atomic mass is 16.4. The summed E-state index contributed by atoms with van der Waals surface area (Å²) in [5.41, 5.74) is 24.4. The number of carboxylic acids is 2. The molecule has 3 aromatic carbocycles. The first-order valence-electron chi connectivity index (χ1n) is 28.3. The number of primary amides is 1. The number of H-pyrrole nitrogens is 1. The highest BCUT2D eigenvalue weighted by molar-refractivity contribution is 5.99. The number of aromatic hydroxyl groups is 1. The molecule has 0 saturated carbocycles. The van der Waals surface area contributed by atoms with Gasteiger partial charge in [0, 0.05) is 42.9 Å². The molecule has 1 heterocycles. The number of nitrogens with two attached hydrogens (primary N) is 4. The van der Waals surface area contributed by atoms with Crippen LogP contribution in [0, 0.1) is 5.92 Å². The number of carbonyl (C=O) groups is 12. The molecule has 22 N–H and O–H groups in total. The SMILES string of the molecule is CC(C)[C@@H](NC(=O)[C@@H](CO)NC(=O)[C@H](N)Cc1ccccc1)C(=O)N[C@@H](Cc1ccc(O)cc1)C(=O)N[C@@H](Cc1c[nH]c2ccccc12)C(=O)N[C@H](C)C(=O)N[C@@H](CCC(N)=O)C(=O)N[C@H](C)C(=O)N[C@@H](CC(=O)O)C(=O)N[C@@H](CCCN=C(N)N)C(=O)O. The molecule has 31 nitrogen and oxygen atoms in total. The third kappa shape index (κ3) is 23.6. The number of nitrogens with zero attached hydrogens (tertiary/aromatic N) is 1. The van der Waals surface area contributed by atoms with Crippen LogP contribution < -0.4 is 70.8 Å². The minimum absolute atomic E-state index is 0.00520. The number of phenols is 1. The van der Waals surface area contributed by atoms with Crippen LogP contribution in [0.5, 0.6) is 5.75 Å². The third-order valence-corrected chi connectivity index (χ3v) is 13.8. The molecule has 0 aliphatic heterocycles. The number of amides is 10. The van der Waals surface area contributed by atoms with Crippen LogP contribution in [-0.4, -0.2) is 176 Å². The Labute approximate surface area is 511 Å². The van der Waals surface area contributed by atoms with E-state index >= 15 is 0 Å². The number of para-hydroxylation sites is 1. The molecule has 0 aliphatic carbocycles. The van der Waals surface area contributed by atoms with E-state index in [1.807, 2.05) is 0 Å². The third-order valence-electron chi connectivity index (χ3n) is 13.8.